The Morgan fingerprint density at radius 1 is 1.12 bits per heavy atom. The second-order valence-electron chi connectivity index (χ2n) is 3.08. The van der Waals surface area contributed by atoms with Gasteiger partial charge in [0.25, 0.3) is 5.56 Å². The number of rotatable bonds is 1. The van der Waals surface area contributed by atoms with E-state index in [2.05, 4.69) is 0 Å². The molecule has 2 rings (SSSR count). The van der Waals surface area contributed by atoms with E-state index in [4.69, 9.17) is 0 Å². The van der Waals surface area contributed by atoms with Gasteiger partial charge in [-0.05, 0) is 12.1 Å². The normalized spacial score (nSPS) is 10.4. The first kappa shape index (κ1) is 10.3. The van der Waals surface area contributed by atoms with E-state index in [-0.39, 0.29) is 5.69 Å². The van der Waals surface area contributed by atoms with E-state index in [1.165, 1.54) is 0 Å². The van der Waals surface area contributed by atoms with Gasteiger partial charge in [-0.1, -0.05) is 0 Å². The molecule has 1 aromatic carbocycles. The van der Waals surface area contributed by atoms with Crippen LogP contribution in [0, 0.1) is 11.6 Å². The average molecular weight is 224 g/mol. The van der Waals surface area contributed by atoms with Gasteiger partial charge in [0.05, 0.1) is 5.69 Å². The van der Waals surface area contributed by atoms with Crippen molar-refractivity contribution in [3.63, 3.8) is 0 Å². The van der Waals surface area contributed by atoms with E-state index < -0.39 is 22.9 Å². The third-order valence-corrected chi connectivity index (χ3v) is 1.99. The van der Waals surface area contributed by atoms with Gasteiger partial charge in [0.1, 0.15) is 11.6 Å². The molecule has 0 fully saturated rings. The molecule has 0 radical (unpaired) electrons. The van der Waals surface area contributed by atoms with Crippen molar-refractivity contribution >= 4 is 0 Å². The lowest BCUT2D eigenvalue weighted by Crippen LogP contribution is -2.28. The lowest BCUT2D eigenvalue weighted by Gasteiger charge is -2.05. The highest BCUT2D eigenvalue weighted by Crippen LogP contribution is 2.12. The van der Waals surface area contributed by atoms with Crippen LogP contribution in [-0.2, 0) is 0 Å². The molecule has 2 aromatic rings. The van der Waals surface area contributed by atoms with E-state index in [0.29, 0.717) is 0 Å². The molecule has 0 amide bonds. The number of benzene rings is 1. The quantitative estimate of drug-likeness (QED) is 0.779. The summed E-state index contributed by atoms with van der Waals surface area (Å²) in [4.78, 5) is 24.1. The predicted octanol–water partition coefficient (Wildman–Crippen LogP) is 0.804. The molecule has 4 nitrogen and oxygen atoms in total. The minimum Gasteiger partial charge on any atom is -0.274 e. The first-order valence-corrected chi connectivity index (χ1v) is 4.35. The van der Waals surface area contributed by atoms with Crippen LogP contribution >= 0.6 is 0 Å². The fourth-order valence-corrected chi connectivity index (χ4v) is 1.28. The third-order valence-electron chi connectivity index (χ3n) is 1.99. The van der Waals surface area contributed by atoms with Crippen LogP contribution in [0.5, 0.6) is 0 Å². The molecule has 1 heterocycles. The zero-order valence-corrected chi connectivity index (χ0v) is 7.91. The summed E-state index contributed by atoms with van der Waals surface area (Å²) in [5.74, 6) is -1.43. The Labute approximate surface area is 87.8 Å². The van der Waals surface area contributed by atoms with Crippen molar-refractivity contribution in [1.82, 2.24) is 9.55 Å². The summed E-state index contributed by atoms with van der Waals surface area (Å²) in [6, 6.07) is 3.76. The van der Waals surface area contributed by atoms with E-state index in [1.807, 2.05) is 4.98 Å². The van der Waals surface area contributed by atoms with Crippen LogP contribution in [0.2, 0.25) is 0 Å². The Kier molecular flexibility index (Phi) is 2.40. The second-order valence-corrected chi connectivity index (χ2v) is 3.08. The Balaban J connectivity index is 2.72. The molecule has 0 saturated carbocycles. The van der Waals surface area contributed by atoms with Crippen LogP contribution in [0.4, 0.5) is 8.78 Å². The van der Waals surface area contributed by atoms with Crippen molar-refractivity contribution < 1.29 is 8.78 Å². The fourth-order valence-electron chi connectivity index (χ4n) is 1.28. The summed E-state index contributed by atoms with van der Waals surface area (Å²) < 4.78 is 27.0. The molecule has 0 aliphatic rings. The van der Waals surface area contributed by atoms with E-state index >= 15 is 0 Å². The molecule has 1 N–H and O–H groups in total. The summed E-state index contributed by atoms with van der Waals surface area (Å²) in [5.41, 5.74) is -1.67. The smallest absolute Gasteiger partial charge is 0.274 e. The van der Waals surface area contributed by atoms with Gasteiger partial charge in [-0.3, -0.25) is 14.3 Å². The number of nitrogens with one attached hydrogen (secondary N) is 1. The van der Waals surface area contributed by atoms with Crippen molar-refractivity contribution in [2.24, 2.45) is 0 Å². The SMILES string of the molecule is O=c1ccn(-c2cc(F)ccc2F)c(=O)[nH]1. The van der Waals surface area contributed by atoms with Gasteiger partial charge in [-0.15, -0.1) is 0 Å². The first-order valence-electron chi connectivity index (χ1n) is 4.35. The topological polar surface area (TPSA) is 54.9 Å². The van der Waals surface area contributed by atoms with Gasteiger partial charge >= 0.3 is 5.69 Å². The molecular formula is C10H6F2N2O2. The van der Waals surface area contributed by atoms with Gasteiger partial charge in [0.2, 0.25) is 0 Å². The second kappa shape index (κ2) is 3.73. The number of hydrogen-bond donors (Lipinski definition) is 1. The van der Waals surface area contributed by atoms with Gasteiger partial charge in [-0.25, -0.2) is 13.6 Å². The number of hydrogen-bond acceptors (Lipinski definition) is 2. The molecule has 0 aliphatic heterocycles. The van der Waals surface area contributed by atoms with Gasteiger partial charge in [0, 0.05) is 18.3 Å². The summed E-state index contributed by atoms with van der Waals surface area (Å²) in [6.45, 7) is 0. The number of H-pyrrole nitrogens is 1. The molecule has 6 heteroatoms. The van der Waals surface area contributed by atoms with Crippen molar-refractivity contribution in [2.75, 3.05) is 0 Å². The number of aromatic amines is 1. The van der Waals surface area contributed by atoms with Crippen LogP contribution < -0.4 is 11.2 Å². The maximum atomic E-state index is 13.3. The van der Waals surface area contributed by atoms with Gasteiger partial charge < -0.3 is 0 Å². The van der Waals surface area contributed by atoms with Gasteiger partial charge in [0.15, 0.2) is 0 Å². The Hall–Kier alpha value is -2.24. The number of aromatic nitrogens is 2. The summed E-state index contributed by atoms with van der Waals surface area (Å²) in [7, 11) is 0. The van der Waals surface area contributed by atoms with Crippen molar-refractivity contribution in [2.45, 2.75) is 0 Å². The lowest BCUT2D eigenvalue weighted by molar-refractivity contribution is 0.589. The summed E-state index contributed by atoms with van der Waals surface area (Å²) in [6.07, 6.45) is 1.08. The van der Waals surface area contributed by atoms with E-state index in [9.17, 15) is 18.4 Å². The number of nitrogens with zero attached hydrogens (tertiary/aromatic N) is 1. The van der Waals surface area contributed by atoms with Gasteiger partial charge in [-0.2, -0.15) is 0 Å². The largest absolute Gasteiger partial charge is 0.333 e. The van der Waals surface area contributed by atoms with Crippen LogP contribution in [0.15, 0.2) is 40.1 Å². The van der Waals surface area contributed by atoms with Crippen LogP contribution in [0.25, 0.3) is 5.69 Å². The maximum Gasteiger partial charge on any atom is 0.333 e. The molecule has 0 unspecified atom stereocenters. The minimum absolute atomic E-state index is 0.249. The zero-order valence-electron chi connectivity index (χ0n) is 7.91. The van der Waals surface area contributed by atoms with Crippen LogP contribution in [-0.4, -0.2) is 9.55 Å². The Morgan fingerprint density at radius 3 is 2.56 bits per heavy atom. The standard InChI is InChI=1S/C10H6F2N2O2/c11-6-1-2-7(12)8(5-6)14-4-3-9(15)13-10(14)16/h1-5H,(H,13,15,16). The minimum atomic E-state index is -0.822. The predicted molar refractivity (Wildman–Crippen MR) is 52.6 cm³/mol. The fraction of sp³-hybridized carbons (Fsp3) is 0. The van der Waals surface area contributed by atoms with Crippen molar-refractivity contribution in [3.8, 4) is 5.69 Å². The molecule has 0 atom stereocenters. The Bertz CT molecular complexity index is 646. The van der Waals surface area contributed by atoms with E-state index in [1.54, 1.807) is 0 Å². The monoisotopic (exact) mass is 224 g/mol. The highest BCUT2D eigenvalue weighted by atomic mass is 19.1. The summed E-state index contributed by atoms with van der Waals surface area (Å²) in [5, 5.41) is 0. The molecule has 0 aliphatic carbocycles. The van der Waals surface area contributed by atoms with Crippen molar-refractivity contribution in [3.05, 3.63) is 62.9 Å². The van der Waals surface area contributed by atoms with E-state index in [0.717, 1.165) is 35.0 Å². The highest BCUT2D eigenvalue weighted by Gasteiger charge is 2.07. The van der Waals surface area contributed by atoms with Crippen molar-refractivity contribution in [1.29, 1.82) is 0 Å². The first-order chi connectivity index (χ1) is 7.58. The molecule has 0 bridgehead atoms. The lowest BCUT2D eigenvalue weighted by atomic mass is 10.3. The van der Waals surface area contributed by atoms with Crippen LogP contribution in [0.3, 0.4) is 0 Å². The third kappa shape index (κ3) is 1.77. The molecule has 0 saturated heterocycles. The number of halogens is 2. The maximum absolute atomic E-state index is 13.3. The zero-order chi connectivity index (χ0) is 11.7. The average Bonchev–Trinajstić information content (AvgIpc) is 2.22. The summed E-state index contributed by atoms with van der Waals surface area (Å²) >= 11 is 0. The van der Waals surface area contributed by atoms with Crippen LogP contribution in [0.1, 0.15) is 0 Å². The molecule has 82 valence electrons. The molecule has 16 heavy (non-hydrogen) atoms. The molecule has 0 spiro atoms. The molecular weight excluding hydrogens is 218 g/mol. The molecule has 1 aromatic heterocycles. The Morgan fingerprint density at radius 2 is 1.88 bits per heavy atom. The highest BCUT2D eigenvalue weighted by molar-refractivity contribution is 5.33.